The van der Waals surface area contributed by atoms with Gasteiger partial charge in [-0.15, -0.1) is 0 Å². The monoisotopic (exact) mass is 200 g/mol. The van der Waals surface area contributed by atoms with Crippen molar-refractivity contribution in [3.05, 3.63) is 29.8 Å². The van der Waals surface area contributed by atoms with Crippen molar-refractivity contribution in [2.75, 3.05) is 11.9 Å². The molecule has 0 aliphatic carbocycles. The number of hydrogen-bond acceptors (Lipinski definition) is 2. The Morgan fingerprint density at radius 1 is 1.29 bits per heavy atom. The summed E-state index contributed by atoms with van der Waals surface area (Å²) in [6.07, 6.45) is 0. The normalized spacial score (nSPS) is 11.5. The van der Waals surface area contributed by atoms with E-state index < -0.39 is 17.2 Å². The van der Waals surface area contributed by atoms with E-state index in [2.05, 4.69) is 5.32 Å². The van der Waals surface area contributed by atoms with Gasteiger partial charge in [0.15, 0.2) is 0 Å². The van der Waals surface area contributed by atoms with Gasteiger partial charge in [0.05, 0.1) is 0 Å². The highest BCUT2D eigenvalue weighted by atomic mass is 19.1. The number of para-hydroxylation sites is 1. The molecule has 1 aromatic rings. The predicted molar refractivity (Wildman–Crippen MR) is 53.1 cm³/mol. The van der Waals surface area contributed by atoms with E-state index in [0.717, 1.165) is 0 Å². The first-order valence-electron chi connectivity index (χ1n) is 4.37. The molecule has 1 rings (SSSR count). The van der Waals surface area contributed by atoms with Crippen molar-refractivity contribution >= 4 is 5.69 Å². The van der Waals surface area contributed by atoms with Crippen LogP contribution in [0, 0.1) is 11.6 Å². The standard InChI is InChI=1S/C10H14F2N2/c1-10(2,13)6-14-9-7(11)4-3-5-8(9)12/h3-5,14H,6,13H2,1-2H3. The Morgan fingerprint density at radius 2 is 1.79 bits per heavy atom. The molecule has 4 heteroatoms. The SMILES string of the molecule is CC(C)(N)CNc1c(F)cccc1F. The minimum absolute atomic E-state index is 0.119. The summed E-state index contributed by atoms with van der Waals surface area (Å²) < 4.78 is 26.2. The molecule has 0 fully saturated rings. The number of anilines is 1. The summed E-state index contributed by atoms with van der Waals surface area (Å²) in [6, 6.07) is 3.73. The van der Waals surface area contributed by atoms with E-state index >= 15 is 0 Å². The summed E-state index contributed by atoms with van der Waals surface area (Å²) in [5.41, 5.74) is 5.05. The molecule has 0 heterocycles. The maximum atomic E-state index is 13.1. The zero-order valence-electron chi connectivity index (χ0n) is 8.27. The molecule has 0 saturated heterocycles. The van der Waals surface area contributed by atoms with Gasteiger partial charge in [-0.2, -0.15) is 0 Å². The van der Waals surface area contributed by atoms with Crippen LogP contribution in [0.5, 0.6) is 0 Å². The molecule has 2 nitrogen and oxygen atoms in total. The van der Waals surface area contributed by atoms with Gasteiger partial charge in [-0.25, -0.2) is 8.78 Å². The van der Waals surface area contributed by atoms with Crippen LogP contribution in [0.4, 0.5) is 14.5 Å². The Labute approximate surface area is 82.1 Å². The molecule has 0 unspecified atom stereocenters. The van der Waals surface area contributed by atoms with Gasteiger partial charge >= 0.3 is 0 Å². The second kappa shape index (κ2) is 3.92. The lowest BCUT2D eigenvalue weighted by Crippen LogP contribution is -2.39. The van der Waals surface area contributed by atoms with Crippen molar-refractivity contribution in [3.8, 4) is 0 Å². The van der Waals surface area contributed by atoms with Gasteiger partial charge in [-0.05, 0) is 26.0 Å². The third kappa shape index (κ3) is 2.96. The van der Waals surface area contributed by atoms with Crippen LogP contribution in [0.2, 0.25) is 0 Å². The number of rotatable bonds is 3. The largest absolute Gasteiger partial charge is 0.378 e. The molecule has 3 N–H and O–H groups in total. The molecule has 0 radical (unpaired) electrons. The average molecular weight is 200 g/mol. The van der Waals surface area contributed by atoms with Crippen molar-refractivity contribution in [1.82, 2.24) is 0 Å². The van der Waals surface area contributed by atoms with Crippen molar-refractivity contribution in [1.29, 1.82) is 0 Å². The molecular weight excluding hydrogens is 186 g/mol. The summed E-state index contributed by atoms with van der Waals surface area (Å²) in [6.45, 7) is 3.86. The number of benzene rings is 1. The zero-order chi connectivity index (χ0) is 10.8. The number of nitrogens with two attached hydrogens (primary N) is 1. The molecule has 0 saturated carbocycles. The van der Waals surface area contributed by atoms with Gasteiger partial charge in [0.1, 0.15) is 17.3 Å². The molecule has 0 aromatic heterocycles. The molecule has 0 spiro atoms. The topological polar surface area (TPSA) is 38.0 Å². The van der Waals surface area contributed by atoms with E-state index in [0.29, 0.717) is 6.54 Å². The first-order chi connectivity index (χ1) is 6.40. The summed E-state index contributed by atoms with van der Waals surface area (Å²) in [5, 5.41) is 2.65. The number of hydrogen-bond donors (Lipinski definition) is 2. The summed E-state index contributed by atoms with van der Waals surface area (Å²) in [7, 11) is 0. The van der Waals surface area contributed by atoms with Crippen molar-refractivity contribution in [2.45, 2.75) is 19.4 Å². The van der Waals surface area contributed by atoms with E-state index in [4.69, 9.17) is 5.73 Å². The Morgan fingerprint density at radius 3 is 2.21 bits per heavy atom. The molecule has 0 atom stereocenters. The average Bonchev–Trinajstić information content (AvgIpc) is 2.01. The first-order valence-corrected chi connectivity index (χ1v) is 4.37. The van der Waals surface area contributed by atoms with Crippen LogP contribution < -0.4 is 11.1 Å². The smallest absolute Gasteiger partial charge is 0.149 e. The third-order valence-electron chi connectivity index (χ3n) is 1.68. The quantitative estimate of drug-likeness (QED) is 0.784. The van der Waals surface area contributed by atoms with Gasteiger partial charge in [-0.1, -0.05) is 6.07 Å². The van der Waals surface area contributed by atoms with Crippen LogP contribution in [-0.4, -0.2) is 12.1 Å². The summed E-state index contributed by atoms with van der Waals surface area (Å²) in [5.74, 6) is -1.21. The van der Waals surface area contributed by atoms with E-state index in [-0.39, 0.29) is 5.69 Å². The van der Waals surface area contributed by atoms with Gasteiger partial charge in [0.2, 0.25) is 0 Å². The van der Waals surface area contributed by atoms with Gasteiger partial charge in [0, 0.05) is 12.1 Å². The van der Waals surface area contributed by atoms with Gasteiger partial charge in [-0.3, -0.25) is 0 Å². The van der Waals surface area contributed by atoms with E-state index in [1.54, 1.807) is 13.8 Å². The summed E-state index contributed by atoms with van der Waals surface area (Å²) >= 11 is 0. The second-order valence-corrected chi connectivity index (χ2v) is 3.94. The first kappa shape index (κ1) is 10.9. The molecule has 78 valence electrons. The molecular formula is C10H14F2N2. The van der Waals surface area contributed by atoms with Gasteiger partial charge < -0.3 is 11.1 Å². The van der Waals surface area contributed by atoms with Crippen LogP contribution in [-0.2, 0) is 0 Å². The molecule has 0 amide bonds. The van der Waals surface area contributed by atoms with Crippen LogP contribution in [0.15, 0.2) is 18.2 Å². The Bertz CT molecular complexity index is 298. The second-order valence-electron chi connectivity index (χ2n) is 3.94. The molecule has 1 aromatic carbocycles. The Kier molecular flexibility index (Phi) is 3.06. The van der Waals surface area contributed by atoms with Crippen molar-refractivity contribution < 1.29 is 8.78 Å². The third-order valence-corrected chi connectivity index (χ3v) is 1.68. The van der Waals surface area contributed by atoms with Crippen LogP contribution in [0.3, 0.4) is 0 Å². The minimum Gasteiger partial charge on any atom is -0.378 e. The van der Waals surface area contributed by atoms with Crippen LogP contribution in [0.1, 0.15) is 13.8 Å². The summed E-state index contributed by atoms with van der Waals surface area (Å²) in [4.78, 5) is 0. The van der Waals surface area contributed by atoms with Crippen molar-refractivity contribution in [2.24, 2.45) is 5.73 Å². The fourth-order valence-corrected chi connectivity index (χ4v) is 0.983. The number of halogens is 2. The zero-order valence-corrected chi connectivity index (χ0v) is 8.27. The lowest BCUT2D eigenvalue weighted by molar-refractivity contribution is 0.538. The highest BCUT2D eigenvalue weighted by Gasteiger charge is 2.13. The van der Waals surface area contributed by atoms with E-state index in [1.807, 2.05) is 0 Å². The number of nitrogens with one attached hydrogen (secondary N) is 1. The van der Waals surface area contributed by atoms with Gasteiger partial charge in [0.25, 0.3) is 0 Å². The predicted octanol–water partition coefficient (Wildman–Crippen LogP) is 2.11. The van der Waals surface area contributed by atoms with Crippen LogP contribution >= 0.6 is 0 Å². The lowest BCUT2D eigenvalue weighted by atomic mass is 10.1. The van der Waals surface area contributed by atoms with Crippen LogP contribution in [0.25, 0.3) is 0 Å². The van der Waals surface area contributed by atoms with Crippen molar-refractivity contribution in [3.63, 3.8) is 0 Å². The fourth-order valence-electron chi connectivity index (χ4n) is 0.983. The van der Waals surface area contributed by atoms with E-state index in [1.165, 1.54) is 18.2 Å². The minimum atomic E-state index is -0.603. The Hall–Kier alpha value is -1.16. The Balaban J connectivity index is 2.77. The molecule has 0 aliphatic heterocycles. The molecule has 0 bridgehead atoms. The highest BCUT2D eigenvalue weighted by molar-refractivity contribution is 5.46. The van der Waals surface area contributed by atoms with E-state index in [9.17, 15) is 8.78 Å². The maximum Gasteiger partial charge on any atom is 0.149 e. The molecule has 14 heavy (non-hydrogen) atoms. The maximum absolute atomic E-state index is 13.1. The highest BCUT2D eigenvalue weighted by Crippen LogP contribution is 2.18. The lowest BCUT2D eigenvalue weighted by Gasteiger charge is -2.20. The molecule has 0 aliphatic rings. The fraction of sp³-hybridized carbons (Fsp3) is 0.400.